The summed E-state index contributed by atoms with van der Waals surface area (Å²) in [7, 11) is 3.06. The van der Waals surface area contributed by atoms with E-state index in [1.54, 1.807) is 44.3 Å². The predicted octanol–water partition coefficient (Wildman–Crippen LogP) is 4.90. The molecule has 3 aromatic rings. The molecule has 1 aromatic heterocycles. The number of methoxy groups -OCH3 is 1. The van der Waals surface area contributed by atoms with Gasteiger partial charge in [-0.05, 0) is 67.3 Å². The number of aryl methyl sites for hydroxylation is 1. The minimum atomic E-state index is -4.77. The molecule has 0 aliphatic heterocycles. The zero-order chi connectivity index (χ0) is 29.2. The molecule has 212 valence electrons. The molecule has 0 saturated carbocycles. The molecule has 2 aromatic carbocycles. The standard InChI is InChI=1S/C29H29F4N3O4/c1-17-10-18(13-20(30)11-17)12-19(28(39)35(2)21-4-7-24(40-3)8-5-21)14-23(38)16-36-26-9-6-22(37)15-25(26)27(34-36)29(31,32)33/h4-5,7-8,10-11,13,19H,6,9,12,14-16H2,1-3H3. The highest BCUT2D eigenvalue weighted by atomic mass is 19.4. The first-order chi connectivity index (χ1) is 18.8. The summed E-state index contributed by atoms with van der Waals surface area (Å²) in [5, 5.41) is 3.66. The molecule has 0 N–H and O–H groups in total. The number of hydrogen-bond acceptors (Lipinski definition) is 5. The Hall–Kier alpha value is -4.02. The Morgan fingerprint density at radius 2 is 1.82 bits per heavy atom. The first kappa shape index (κ1) is 29.0. The number of anilines is 1. The Labute approximate surface area is 228 Å². The lowest BCUT2D eigenvalue weighted by molar-refractivity contribution is -0.142. The number of alkyl halides is 3. The van der Waals surface area contributed by atoms with E-state index >= 15 is 0 Å². The Kier molecular flexibility index (Phi) is 8.41. The van der Waals surface area contributed by atoms with Crippen molar-refractivity contribution in [2.75, 3.05) is 19.1 Å². The molecule has 1 aliphatic rings. The van der Waals surface area contributed by atoms with Gasteiger partial charge in [0, 0.05) is 49.2 Å². The van der Waals surface area contributed by atoms with E-state index in [9.17, 15) is 31.9 Å². The first-order valence-electron chi connectivity index (χ1n) is 12.7. The molecular formula is C29H29F4N3O4. The summed E-state index contributed by atoms with van der Waals surface area (Å²) in [5.74, 6) is -2.05. The number of ether oxygens (including phenoxy) is 1. The van der Waals surface area contributed by atoms with Crippen LogP contribution in [0.4, 0.5) is 23.2 Å². The number of fused-ring (bicyclic) bond motifs is 1. The van der Waals surface area contributed by atoms with Crippen LogP contribution in [0.25, 0.3) is 0 Å². The third-order valence-corrected chi connectivity index (χ3v) is 6.97. The van der Waals surface area contributed by atoms with Crippen molar-refractivity contribution in [1.82, 2.24) is 9.78 Å². The van der Waals surface area contributed by atoms with Crippen molar-refractivity contribution in [3.8, 4) is 5.75 Å². The average Bonchev–Trinajstić information content (AvgIpc) is 3.24. The maximum Gasteiger partial charge on any atom is 0.435 e. The van der Waals surface area contributed by atoms with Crippen molar-refractivity contribution < 1.29 is 36.7 Å². The minimum absolute atomic E-state index is 0.0448. The molecule has 4 rings (SSSR count). The number of Topliss-reactive ketones (excluding diaryl/α,β-unsaturated/α-hetero) is 2. The highest BCUT2D eigenvalue weighted by molar-refractivity contribution is 5.97. The molecule has 0 fully saturated rings. The molecule has 1 atom stereocenters. The smallest absolute Gasteiger partial charge is 0.435 e. The number of amides is 1. The normalized spacial score (nSPS) is 14.0. The lowest BCUT2D eigenvalue weighted by Crippen LogP contribution is -2.36. The van der Waals surface area contributed by atoms with Crippen LogP contribution in [0.5, 0.6) is 5.75 Å². The second-order valence-corrected chi connectivity index (χ2v) is 10.0. The van der Waals surface area contributed by atoms with Gasteiger partial charge in [-0.2, -0.15) is 18.3 Å². The molecule has 11 heteroatoms. The van der Waals surface area contributed by atoms with E-state index in [4.69, 9.17) is 4.74 Å². The summed E-state index contributed by atoms with van der Waals surface area (Å²) in [5.41, 5.74) is 0.553. The van der Waals surface area contributed by atoms with E-state index in [2.05, 4.69) is 5.10 Å². The molecule has 1 unspecified atom stereocenters. The summed E-state index contributed by atoms with van der Waals surface area (Å²) < 4.78 is 61.1. The van der Waals surface area contributed by atoms with Gasteiger partial charge < -0.3 is 9.64 Å². The fourth-order valence-corrected chi connectivity index (χ4v) is 5.08. The predicted molar refractivity (Wildman–Crippen MR) is 139 cm³/mol. The zero-order valence-corrected chi connectivity index (χ0v) is 22.3. The van der Waals surface area contributed by atoms with Gasteiger partial charge in [-0.1, -0.05) is 6.07 Å². The largest absolute Gasteiger partial charge is 0.497 e. The molecule has 1 amide bonds. The third-order valence-electron chi connectivity index (χ3n) is 6.97. The fraction of sp³-hybridized carbons (Fsp3) is 0.379. The lowest BCUT2D eigenvalue weighted by atomic mass is 9.91. The average molecular weight is 560 g/mol. The van der Waals surface area contributed by atoms with Crippen molar-refractivity contribution in [2.45, 2.75) is 51.7 Å². The number of rotatable bonds is 9. The third kappa shape index (κ3) is 6.57. The van der Waals surface area contributed by atoms with Crippen LogP contribution in [0.3, 0.4) is 0 Å². The van der Waals surface area contributed by atoms with Gasteiger partial charge >= 0.3 is 6.18 Å². The number of carbonyl (C=O) groups is 3. The summed E-state index contributed by atoms with van der Waals surface area (Å²) in [6.45, 7) is 1.23. The van der Waals surface area contributed by atoms with E-state index in [0.717, 1.165) is 4.68 Å². The number of carbonyl (C=O) groups excluding carboxylic acids is 3. The van der Waals surface area contributed by atoms with Crippen LogP contribution in [0.15, 0.2) is 42.5 Å². The number of hydrogen-bond donors (Lipinski definition) is 0. The van der Waals surface area contributed by atoms with Gasteiger partial charge in [0.1, 0.15) is 17.3 Å². The summed E-state index contributed by atoms with van der Waals surface area (Å²) in [6, 6.07) is 11.1. The molecule has 7 nitrogen and oxygen atoms in total. The Bertz CT molecular complexity index is 1410. The highest BCUT2D eigenvalue weighted by Crippen LogP contribution is 2.35. The molecule has 1 heterocycles. The second kappa shape index (κ2) is 11.6. The summed E-state index contributed by atoms with van der Waals surface area (Å²) in [6.07, 6.45) is -5.30. The van der Waals surface area contributed by atoms with E-state index in [1.165, 1.54) is 24.1 Å². The molecule has 40 heavy (non-hydrogen) atoms. The van der Waals surface area contributed by atoms with Gasteiger partial charge in [0.15, 0.2) is 11.5 Å². The molecular weight excluding hydrogens is 530 g/mol. The van der Waals surface area contributed by atoms with E-state index < -0.39 is 41.8 Å². The van der Waals surface area contributed by atoms with Crippen LogP contribution in [0.2, 0.25) is 0 Å². The second-order valence-electron chi connectivity index (χ2n) is 10.0. The van der Waals surface area contributed by atoms with Crippen LogP contribution < -0.4 is 9.64 Å². The van der Waals surface area contributed by atoms with Gasteiger partial charge in [-0.15, -0.1) is 0 Å². The molecule has 1 aliphatic carbocycles. The SMILES string of the molecule is COc1ccc(N(C)C(=O)C(CC(=O)Cn2nc(C(F)(F)F)c3c2CCC(=O)C3)Cc2cc(C)cc(F)c2)cc1. The van der Waals surface area contributed by atoms with E-state index in [0.29, 0.717) is 22.6 Å². The van der Waals surface area contributed by atoms with Gasteiger partial charge in [0.2, 0.25) is 5.91 Å². The number of nitrogens with zero attached hydrogens (tertiary/aromatic N) is 3. The van der Waals surface area contributed by atoms with Crippen molar-refractivity contribution in [1.29, 1.82) is 0 Å². The lowest BCUT2D eigenvalue weighted by Gasteiger charge is -2.24. The summed E-state index contributed by atoms with van der Waals surface area (Å²) >= 11 is 0. The maximum atomic E-state index is 14.1. The van der Waals surface area contributed by atoms with Crippen LogP contribution in [-0.4, -0.2) is 41.4 Å². The van der Waals surface area contributed by atoms with Crippen molar-refractivity contribution in [3.05, 3.63) is 76.4 Å². The Balaban J connectivity index is 1.60. The fourth-order valence-electron chi connectivity index (χ4n) is 5.08. The van der Waals surface area contributed by atoms with Gasteiger partial charge in [0.05, 0.1) is 13.7 Å². The van der Waals surface area contributed by atoms with Crippen molar-refractivity contribution in [2.24, 2.45) is 5.92 Å². The first-order valence-corrected chi connectivity index (χ1v) is 12.7. The highest BCUT2D eigenvalue weighted by Gasteiger charge is 2.41. The van der Waals surface area contributed by atoms with Crippen LogP contribution in [0.1, 0.15) is 40.9 Å². The quantitative estimate of drug-likeness (QED) is 0.349. The van der Waals surface area contributed by atoms with E-state index in [-0.39, 0.29) is 49.1 Å². The topological polar surface area (TPSA) is 81.5 Å². The zero-order valence-electron chi connectivity index (χ0n) is 22.3. The number of aromatic nitrogens is 2. The molecule has 0 saturated heterocycles. The number of halogens is 4. The van der Waals surface area contributed by atoms with Gasteiger partial charge in [0.25, 0.3) is 0 Å². The van der Waals surface area contributed by atoms with Gasteiger partial charge in [-0.3, -0.25) is 19.1 Å². The van der Waals surface area contributed by atoms with Crippen molar-refractivity contribution >= 4 is 23.2 Å². The summed E-state index contributed by atoms with van der Waals surface area (Å²) in [4.78, 5) is 40.1. The maximum absolute atomic E-state index is 14.1. The number of ketones is 2. The Morgan fingerprint density at radius 3 is 2.45 bits per heavy atom. The van der Waals surface area contributed by atoms with Crippen LogP contribution >= 0.6 is 0 Å². The van der Waals surface area contributed by atoms with Crippen LogP contribution in [-0.2, 0) is 46.4 Å². The minimum Gasteiger partial charge on any atom is -0.497 e. The molecule has 0 radical (unpaired) electrons. The monoisotopic (exact) mass is 559 g/mol. The van der Waals surface area contributed by atoms with Gasteiger partial charge in [-0.25, -0.2) is 4.39 Å². The van der Waals surface area contributed by atoms with Crippen molar-refractivity contribution in [3.63, 3.8) is 0 Å². The number of benzene rings is 2. The van der Waals surface area contributed by atoms with E-state index in [1.807, 2.05) is 0 Å². The van der Waals surface area contributed by atoms with Crippen LogP contribution in [0, 0.1) is 18.7 Å². The Morgan fingerprint density at radius 1 is 1.12 bits per heavy atom. The molecule has 0 spiro atoms. The molecule has 0 bridgehead atoms.